The van der Waals surface area contributed by atoms with Crippen molar-refractivity contribution in [3.8, 4) is 0 Å². The molecule has 2 N–H and O–H groups in total. The van der Waals surface area contributed by atoms with Gasteiger partial charge in [0.15, 0.2) is 5.78 Å². The van der Waals surface area contributed by atoms with Gasteiger partial charge in [0.2, 0.25) is 0 Å². The zero-order chi connectivity index (χ0) is 21.9. The minimum Gasteiger partial charge on any atom is -0.444 e. The first kappa shape index (κ1) is 22.2. The first-order valence-corrected chi connectivity index (χ1v) is 9.43. The highest BCUT2D eigenvalue weighted by Crippen LogP contribution is 2.20. The third-order valence-electron chi connectivity index (χ3n) is 4.33. The van der Waals surface area contributed by atoms with Gasteiger partial charge >= 0.3 is 6.09 Å². The van der Waals surface area contributed by atoms with E-state index in [1.807, 2.05) is 32.9 Å². The van der Waals surface area contributed by atoms with E-state index in [2.05, 4.69) is 10.3 Å². The number of hydrogen-bond acceptors (Lipinski definition) is 4. The van der Waals surface area contributed by atoms with Crippen molar-refractivity contribution in [2.24, 2.45) is 0 Å². The normalized spacial score (nSPS) is 11.1. The maximum Gasteiger partial charge on any atom is 0.410 e. The lowest BCUT2D eigenvalue weighted by Gasteiger charge is -2.24. The molecule has 0 saturated heterocycles. The molecule has 0 aliphatic rings. The van der Waals surface area contributed by atoms with Crippen molar-refractivity contribution in [3.63, 3.8) is 0 Å². The second kappa shape index (κ2) is 8.51. The summed E-state index contributed by atoms with van der Waals surface area (Å²) in [5.41, 5.74) is 3.10. The van der Waals surface area contributed by atoms with Gasteiger partial charge in [-0.3, -0.25) is 9.59 Å². The van der Waals surface area contributed by atoms with Crippen molar-refractivity contribution in [3.05, 3.63) is 52.3 Å². The molecule has 2 aromatic rings. The number of Topliss-reactive ketones (excluding diaryl/α,β-unsaturated/α-hetero) is 1. The van der Waals surface area contributed by atoms with Gasteiger partial charge in [-0.1, -0.05) is 12.1 Å². The maximum absolute atomic E-state index is 12.7. The number of nitrogens with one attached hydrogen (secondary N) is 2. The molecule has 7 heteroatoms. The highest BCUT2D eigenvalue weighted by atomic mass is 16.6. The molecule has 1 aromatic carbocycles. The number of anilines is 1. The van der Waals surface area contributed by atoms with Crippen LogP contribution in [-0.4, -0.2) is 40.3 Å². The Morgan fingerprint density at radius 3 is 2.38 bits per heavy atom. The van der Waals surface area contributed by atoms with E-state index < -0.39 is 11.7 Å². The van der Waals surface area contributed by atoms with Crippen LogP contribution in [0.1, 0.15) is 65.4 Å². The van der Waals surface area contributed by atoms with E-state index in [0.717, 1.165) is 5.56 Å². The Balaban J connectivity index is 2.12. The Labute approximate surface area is 171 Å². The summed E-state index contributed by atoms with van der Waals surface area (Å²) in [6, 6.07) is 7.25. The molecule has 2 amide bonds. The number of benzene rings is 1. The molecule has 0 spiro atoms. The largest absolute Gasteiger partial charge is 0.444 e. The maximum atomic E-state index is 12.7. The second-order valence-electron chi connectivity index (χ2n) is 8.17. The Bertz CT molecular complexity index is 938. The Morgan fingerprint density at radius 2 is 1.83 bits per heavy atom. The van der Waals surface area contributed by atoms with Crippen LogP contribution in [0, 0.1) is 13.8 Å². The van der Waals surface area contributed by atoms with Crippen molar-refractivity contribution in [1.29, 1.82) is 0 Å². The number of ether oxygens (including phenoxy) is 1. The topological polar surface area (TPSA) is 91.5 Å². The molecule has 0 fully saturated rings. The summed E-state index contributed by atoms with van der Waals surface area (Å²) in [5, 5.41) is 2.84. The number of hydrogen-bond donors (Lipinski definition) is 2. The van der Waals surface area contributed by atoms with Gasteiger partial charge in [-0.2, -0.15) is 0 Å². The average Bonchev–Trinajstić information content (AvgIpc) is 2.88. The van der Waals surface area contributed by atoms with Gasteiger partial charge in [0.25, 0.3) is 5.91 Å². The molecular formula is C22H29N3O4. The number of nitrogens with zero attached hydrogens (tertiary/aromatic N) is 1. The van der Waals surface area contributed by atoms with E-state index in [0.29, 0.717) is 34.7 Å². The van der Waals surface area contributed by atoms with E-state index in [1.54, 1.807) is 33.0 Å². The van der Waals surface area contributed by atoms with Crippen LogP contribution in [0.2, 0.25) is 0 Å². The predicted molar refractivity (Wildman–Crippen MR) is 112 cm³/mol. The molecular weight excluding hydrogens is 370 g/mol. The summed E-state index contributed by atoms with van der Waals surface area (Å²) < 4.78 is 5.36. The number of amides is 2. The SMILES string of the molecule is CC(=O)c1c(C)[nH]c(C(=O)Nc2cccc(CN(C)C(=O)OC(C)(C)C)c2)c1C. The molecule has 0 saturated carbocycles. The van der Waals surface area contributed by atoms with Gasteiger partial charge in [0.05, 0.1) is 0 Å². The fourth-order valence-corrected chi connectivity index (χ4v) is 3.12. The smallest absolute Gasteiger partial charge is 0.410 e. The first-order valence-electron chi connectivity index (χ1n) is 9.43. The molecule has 0 aliphatic heterocycles. The summed E-state index contributed by atoms with van der Waals surface area (Å²) >= 11 is 0. The number of carbonyl (C=O) groups excluding carboxylic acids is 3. The Hall–Kier alpha value is -3.09. The fourth-order valence-electron chi connectivity index (χ4n) is 3.12. The number of aryl methyl sites for hydroxylation is 1. The van der Waals surface area contributed by atoms with Gasteiger partial charge in [-0.25, -0.2) is 4.79 Å². The van der Waals surface area contributed by atoms with E-state index in [4.69, 9.17) is 4.74 Å². The molecule has 7 nitrogen and oxygen atoms in total. The zero-order valence-corrected chi connectivity index (χ0v) is 18.1. The summed E-state index contributed by atoms with van der Waals surface area (Å²) in [4.78, 5) is 41.1. The first-order chi connectivity index (χ1) is 13.4. The van der Waals surface area contributed by atoms with E-state index in [9.17, 15) is 14.4 Å². The summed E-state index contributed by atoms with van der Waals surface area (Å²) in [6.45, 7) is 10.8. The third-order valence-corrected chi connectivity index (χ3v) is 4.33. The lowest BCUT2D eigenvalue weighted by atomic mass is 10.1. The van der Waals surface area contributed by atoms with Crippen LogP contribution in [0.5, 0.6) is 0 Å². The number of aromatic nitrogens is 1. The van der Waals surface area contributed by atoms with Gasteiger partial charge in [-0.05, 0) is 64.8 Å². The molecule has 1 heterocycles. The monoisotopic (exact) mass is 399 g/mol. The van der Waals surface area contributed by atoms with Crippen LogP contribution >= 0.6 is 0 Å². The molecule has 0 atom stereocenters. The van der Waals surface area contributed by atoms with E-state index in [1.165, 1.54) is 11.8 Å². The van der Waals surface area contributed by atoms with Crippen LogP contribution in [0.15, 0.2) is 24.3 Å². The van der Waals surface area contributed by atoms with Crippen LogP contribution in [-0.2, 0) is 11.3 Å². The molecule has 1 aromatic heterocycles. The van der Waals surface area contributed by atoms with Gasteiger partial charge < -0.3 is 19.9 Å². The standard InChI is InChI=1S/C22H29N3O4/c1-13-18(15(3)26)14(2)23-19(13)20(27)24-17-10-8-9-16(11-17)12-25(7)21(28)29-22(4,5)6/h8-11,23H,12H2,1-7H3,(H,24,27). The minimum atomic E-state index is -0.564. The van der Waals surface area contributed by atoms with Crippen molar-refractivity contribution in [1.82, 2.24) is 9.88 Å². The van der Waals surface area contributed by atoms with Crippen molar-refractivity contribution < 1.29 is 19.1 Å². The lowest BCUT2D eigenvalue weighted by Crippen LogP contribution is -2.33. The molecule has 0 unspecified atom stereocenters. The Kier molecular flexibility index (Phi) is 6.51. The molecule has 29 heavy (non-hydrogen) atoms. The van der Waals surface area contributed by atoms with Crippen molar-refractivity contribution >= 4 is 23.5 Å². The number of carbonyl (C=O) groups is 3. The molecule has 156 valence electrons. The number of H-pyrrole nitrogens is 1. The fraction of sp³-hybridized carbons (Fsp3) is 0.409. The summed E-state index contributed by atoms with van der Waals surface area (Å²) in [7, 11) is 1.66. The molecule has 2 rings (SSSR count). The minimum absolute atomic E-state index is 0.0810. The van der Waals surface area contributed by atoms with Gasteiger partial charge in [-0.15, -0.1) is 0 Å². The van der Waals surface area contributed by atoms with Crippen LogP contribution in [0.25, 0.3) is 0 Å². The molecule has 0 radical (unpaired) electrons. The van der Waals surface area contributed by atoms with Gasteiger partial charge in [0.1, 0.15) is 11.3 Å². The zero-order valence-electron chi connectivity index (χ0n) is 18.1. The van der Waals surface area contributed by atoms with Gasteiger partial charge in [0, 0.05) is 30.5 Å². The van der Waals surface area contributed by atoms with E-state index in [-0.39, 0.29) is 11.7 Å². The van der Waals surface area contributed by atoms with Crippen molar-refractivity contribution in [2.75, 3.05) is 12.4 Å². The Morgan fingerprint density at radius 1 is 1.17 bits per heavy atom. The summed E-state index contributed by atoms with van der Waals surface area (Å²) in [5.74, 6) is -0.404. The summed E-state index contributed by atoms with van der Waals surface area (Å²) in [6.07, 6.45) is -0.416. The average molecular weight is 399 g/mol. The highest BCUT2D eigenvalue weighted by molar-refractivity contribution is 6.07. The van der Waals surface area contributed by atoms with Crippen molar-refractivity contribution in [2.45, 2.75) is 53.7 Å². The number of aromatic amines is 1. The van der Waals surface area contributed by atoms with E-state index >= 15 is 0 Å². The molecule has 0 bridgehead atoms. The number of rotatable bonds is 5. The third kappa shape index (κ3) is 5.70. The predicted octanol–water partition coefficient (Wildman–Crippen LogP) is 4.45. The highest BCUT2D eigenvalue weighted by Gasteiger charge is 2.21. The quantitative estimate of drug-likeness (QED) is 0.727. The number of ketones is 1. The molecule has 0 aliphatic carbocycles. The van der Waals surface area contributed by atoms with Crippen LogP contribution in [0.4, 0.5) is 10.5 Å². The van der Waals surface area contributed by atoms with Crippen LogP contribution in [0.3, 0.4) is 0 Å². The lowest BCUT2D eigenvalue weighted by molar-refractivity contribution is 0.0285. The van der Waals surface area contributed by atoms with Crippen LogP contribution < -0.4 is 5.32 Å². The second-order valence-corrected chi connectivity index (χ2v) is 8.17.